The molecule has 0 saturated carbocycles. The number of carbonyl (C=O) groups is 2. The number of nitrogens with zero attached hydrogens (tertiary/aromatic N) is 1. The molecule has 1 aromatic rings. The van der Waals surface area contributed by atoms with Crippen LogP contribution in [0.2, 0.25) is 0 Å². The Kier molecular flexibility index (Phi) is 6.41. The van der Waals surface area contributed by atoms with E-state index in [0.29, 0.717) is 18.7 Å². The van der Waals surface area contributed by atoms with E-state index in [1.165, 1.54) is 0 Å². The van der Waals surface area contributed by atoms with Gasteiger partial charge in [-0.05, 0) is 36.9 Å². The number of hydrogen-bond donors (Lipinski definition) is 1. The maximum Gasteiger partial charge on any atom is 0.335 e. The second kappa shape index (κ2) is 8.78. The normalized spacial score (nSPS) is 13.4. The summed E-state index contributed by atoms with van der Waals surface area (Å²) in [4.78, 5) is 25.8. The quantitative estimate of drug-likeness (QED) is 0.621. The zero-order valence-corrected chi connectivity index (χ0v) is 13.3. The number of benzene rings is 1. The zero-order valence-electron chi connectivity index (χ0n) is 13.3. The third-order valence-electron chi connectivity index (χ3n) is 3.37. The molecule has 0 aliphatic carbocycles. The minimum Gasteiger partial charge on any atom is -0.462 e. The van der Waals surface area contributed by atoms with Gasteiger partial charge in [0.25, 0.3) is 0 Å². The highest BCUT2D eigenvalue weighted by atomic mass is 16.5. The Morgan fingerprint density at radius 3 is 2.78 bits per heavy atom. The van der Waals surface area contributed by atoms with Crippen LogP contribution in [-0.2, 0) is 14.3 Å². The van der Waals surface area contributed by atoms with Crippen molar-refractivity contribution in [3.8, 4) is 0 Å². The van der Waals surface area contributed by atoms with E-state index in [2.05, 4.69) is 5.32 Å². The first-order valence-electron chi connectivity index (χ1n) is 7.82. The average Bonchev–Trinajstić information content (AvgIpc) is 2.56. The number of amides is 1. The van der Waals surface area contributed by atoms with E-state index in [1.807, 2.05) is 37.3 Å². The van der Waals surface area contributed by atoms with E-state index >= 15 is 0 Å². The Bertz CT molecular complexity index is 594. The van der Waals surface area contributed by atoms with Gasteiger partial charge in [-0.2, -0.15) is 0 Å². The smallest absolute Gasteiger partial charge is 0.335 e. The summed E-state index contributed by atoms with van der Waals surface area (Å²) in [6.07, 6.45) is 7.14. The molecule has 0 atom stereocenters. The minimum absolute atomic E-state index is 0.124. The molecule has 5 nitrogen and oxygen atoms in total. The van der Waals surface area contributed by atoms with Crippen molar-refractivity contribution in [2.45, 2.75) is 19.8 Å². The largest absolute Gasteiger partial charge is 0.462 e. The van der Waals surface area contributed by atoms with E-state index in [9.17, 15) is 9.59 Å². The number of allylic oxidation sites excluding steroid dienone is 2. The molecule has 1 amide bonds. The molecule has 0 saturated heterocycles. The summed E-state index contributed by atoms with van der Waals surface area (Å²) in [5.41, 5.74) is 1.32. The number of ether oxygens (including phenoxy) is 1. The summed E-state index contributed by atoms with van der Waals surface area (Å²) in [6.45, 7) is 3.04. The van der Waals surface area contributed by atoms with Gasteiger partial charge in [-0.15, -0.1) is 0 Å². The molecule has 122 valence electrons. The summed E-state index contributed by atoms with van der Waals surface area (Å²) >= 11 is 0. The number of para-hydroxylation sites is 1. The summed E-state index contributed by atoms with van der Waals surface area (Å²) in [5, 5.41) is 2.83. The van der Waals surface area contributed by atoms with Crippen molar-refractivity contribution in [3.63, 3.8) is 0 Å². The molecule has 2 rings (SSSR count). The average molecular weight is 314 g/mol. The van der Waals surface area contributed by atoms with Crippen molar-refractivity contribution in [3.05, 3.63) is 54.3 Å². The van der Waals surface area contributed by atoms with Crippen LogP contribution in [0.5, 0.6) is 0 Å². The Morgan fingerprint density at radius 2 is 2.04 bits per heavy atom. The van der Waals surface area contributed by atoms with Gasteiger partial charge in [-0.3, -0.25) is 4.79 Å². The molecule has 0 fully saturated rings. The number of anilines is 1. The third-order valence-corrected chi connectivity index (χ3v) is 3.37. The molecular weight excluding hydrogens is 292 g/mol. The molecule has 0 spiro atoms. The van der Waals surface area contributed by atoms with E-state index in [1.54, 1.807) is 23.3 Å². The maximum atomic E-state index is 12.0. The first-order valence-corrected chi connectivity index (χ1v) is 7.82. The Balaban J connectivity index is 1.81. The lowest BCUT2D eigenvalue weighted by Gasteiger charge is -2.23. The Hall–Kier alpha value is -2.56. The SMILES string of the molecule is CCCCOC(=O)C1=CC=CN(CC(=O)Nc2ccccc2)C1. The summed E-state index contributed by atoms with van der Waals surface area (Å²) in [6, 6.07) is 9.29. The van der Waals surface area contributed by atoms with Crippen LogP contribution in [0.4, 0.5) is 5.69 Å². The molecule has 1 aliphatic heterocycles. The molecule has 0 unspecified atom stereocenters. The standard InChI is InChI=1S/C18H22N2O3/c1-2-3-12-23-18(22)15-8-7-11-20(13-15)14-17(21)19-16-9-5-4-6-10-16/h4-11H,2-3,12-14H2,1H3,(H,19,21). The van der Waals surface area contributed by atoms with Gasteiger partial charge in [0.05, 0.1) is 25.3 Å². The van der Waals surface area contributed by atoms with Crippen LogP contribution in [0.15, 0.2) is 54.3 Å². The monoisotopic (exact) mass is 314 g/mol. The maximum absolute atomic E-state index is 12.0. The van der Waals surface area contributed by atoms with Crippen LogP contribution in [0.25, 0.3) is 0 Å². The van der Waals surface area contributed by atoms with Crippen LogP contribution >= 0.6 is 0 Å². The molecular formula is C18H22N2O3. The Morgan fingerprint density at radius 1 is 1.26 bits per heavy atom. The van der Waals surface area contributed by atoms with Crippen LogP contribution in [-0.4, -0.2) is 36.5 Å². The lowest BCUT2D eigenvalue weighted by atomic mass is 10.2. The van der Waals surface area contributed by atoms with Crippen molar-refractivity contribution >= 4 is 17.6 Å². The lowest BCUT2D eigenvalue weighted by molar-refractivity contribution is -0.139. The van der Waals surface area contributed by atoms with Crippen molar-refractivity contribution in [2.75, 3.05) is 25.0 Å². The molecule has 1 aliphatic rings. The van der Waals surface area contributed by atoms with Gasteiger partial charge in [0.2, 0.25) is 5.91 Å². The highest BCUT2D eigenvalue weighted by Crippen LogP contribution is 2.11. The molecule has 1 aromatic carbocycles. The van der Waals surface area contributed by atoms with Gasteiger partial charge < -0.3 is 15.0 Å². The van der Waals surface area contributed by atoms with Crippen LogP contribution in [0.1, 0.15) is 19.8 Å². The van der Waals surface area contributed by atoms with Crippen LogP contribution in [0.3, 0.4) is 0 Å². The molecule has 1 N–H and O–H groups in total. The van der Waals surface area contributed by atoms with E-state index < -0.39 is 0 Å². The number of unbranched alkanes of at least 4 members (excludes halogenated alkanes) is 1. The first kappa shape index (κ1) is 16.8. The molecule has 5 heteroatoms. The predicted octanol–water partition coefficient (Wildman–Crippen LogP) is 2.72. The zero-order chi connectivity index (χ0) is 16.5. The van der Waals surface area contributed by atoms with Gasteiger partial charge in [0, 0.05) is 5.69 Å². The highest BCUT2D eigenvalue weighted by molar-refractivity contribution is 5.93. The van der Waals surface area contributed by atoms with Gasteiger partial charge in [-0.25, -0.2) is 4.79 Å². The van der Waals surface area contributed by atoms with Crippen LogP contribution < -0.4 is 5.32 Å². The van der Waals surface area contributed by atoms with Gasteiger partial charge in [0.15, 0.2) is 0 Å². The first-order chi connectivity index (χ1) is 11.2. The second-order valence-electron chi connectivity index (χ2n) is 5.34. The highest BCUT2D eigenvalue weighted by Gasteiger charge is 2.17. The molecule has 1 heterocycles. The predicted molar refractivity (Wildman–Crippen MR) is 89.7 cm³/mol. The third kappa shape index (κ3) is 5.62. The van der Waals surface area contributed by atoms with Gasteiger partial charge >= 0.3 is 5.97 Å². The fourth-order valence-corrected chi connectivity index (χ4v) is 2.15. The topological polar surface area (TPSA) is 58.6 Å². The van der Waals surface area contributed by atoms with Crippen molar-refractivity contribution < 1.29 is 14.3 Å². The fraction of sp³-hybridized carbons (Fsp3) is 0.333. The number of nitrogens with one attached hydrogen (secondary N) is 1. The van der Waals surface area contributed by atoms with Crippen molar-refractivity contribution in [1.82, 2.24) is 4.90 Å². The van der Waals surface area contributed by atoms with Gasteiger partial charge in [-0.1, -0.05) is 31.5 Å². The molecule has 0 bridgehead atoms. The van der Waals surface area contributed by atoms with Crippen LogP contribution in [0, 0.1) is 0 Å². The minimum atomic E-state index is -0.309. The van der Waals surface area contributed by atoms with Crippen molar-refractivity contribution in [1.29, 1.82) is 0 Å². The number of carbonyl (C=O) groups excluding carboxylic acids is 2. The van der Waals surface area contributed by atoms with E-state index in [4.69, 9.17) is 4.74 Å². The van der Waals surface area contributed by atoms with E-state index in [-0.39, 0.29) is 18.4 Å². The molecule has 0 aromatic heterocycles. The van der Waals surface area contributed by atoms with Crippen molar-refractivity contribution in [2.24, 2.45) is 0 Å². The molecule has 0 radical (unpaired) electrons. The summed E-state index contributed by atoms with van der Waals surface area (Å²) < 4.78 is 5.20. The lowest BCUT2D eigenvalue weighted by Crippen LogP contribution is -2.33. The van der Waals surface area contributed by atoms with E-state index in [0.717, 1.165) is 18.5 Å². The number of rotatable bonds is 7. The Labute approximate surface area is 136 Å². The number of esters is 1. The summed E-state index contributed by atoms with van der Waals surface area (Å²) in [7, 11) is 0. The molecule has 23 heavy (non-hydrogen) atoms. The summed E-state index contributed by atoms with van der Waals surface area (Å²) in [5.74, 6) is -0.433. The second-order valence-corrected chi connectivity index (χ2v) is 5.34. The number of hydrogen-bond acceptors (Lipinski definition) is 4. The van der Waals surface area contributed by atoms with Gasteiger partial charge in [0.1, 0.15) is 0 Å². The fourth-order valence-electron chi connectivity index (χ4n) is 2.15.